The third-order valence-corrected chi connectivity index (χ3v) is 2.41. The maximum atomic E-state index is 8.98. The third kappa shape index (κ3) is 1.28. The molecule has 0 aromatic rings. The summed E-state index contributed by atoms with van der Waals surface area (Å²) < 4.78 is 11.0. The summed E-state index contributed by atoms with van der Waals surface area (Å²) in [5, 5.41) is 8.98. The Morgan fingerprint density at radius 3 is 2.18 bits per heavy atom. The van der Waals surface area contributed by atoms with Crippen LogP contribution in [0.1, 0.15) is 19.8 Å². The summed E-state index contributed by atoms with van der Waals surface area (Å²) in [4.78, 5) is 0. The Bertz CT molecular complexity index is 153. The van der Waals surface area contributed by atoms with Crippen molar-refractivity contribution in [1.29, 1.82) is 0 Å². The summed E-state index contributed by atoms with van der Waals surface area (Å²) in [6.07, 6.45) is 2.04. The van der Waals surface area contributed by atoms with Crippen molar-refractivity contribution in [3.8, 4) is 0 Å². The molecule has 3 heteroatoms. The van der Waals surface area contributed by atoms with Crippen LogP contribution in [0.25, 0.3) is 0 Å². The normalized spacial score (nSPS) is 32.2. The number of aliphatic hydroxyl groups is 1. The molecule has 0 aromatic heterocycles. The van der Waals surface area contributed by atoms with Crippen LogP contribution in [0.2, 0.25) is 0 Å². The van der Waals surface area contributed by atoms with Crippen LogP contribution in [0.5, 0.6) is 0 Å². The van der Waals surface area contributed by atoms with Crippen LogP contribution < -0.4 is 0 Å². The summed E-state index contributed by atoms with van der Waals surface area (Å²) in [6.45, 7) is 3.37. The molecule has 1 saturated heterocycles. The van der Waals surface area contributed by atoms with Crippen LogP contribution in [0.3, 0.4) is 0 Å². The second-order valence-corrected chi connectivity index (χ2v) is 3.96. The first-order valence-corrected chi connectivity index (χ1v) is 4.07. The molecule has 2 aliphatic rings. The van der Waals surface area contributed by atoms with E-state index in [2.05, 4.69) is 0 Å². The Hall–Kier alpha value is -0.120. The van der Waals surface area contributed by atoms with E-state index in [1.54, 1.807) is 0 Å². The molecule has 64 valence electrons. The number of rotatable bonds is 1. The summed E-state index contributed by atoms with van der Waals surface area (Å²) >= 11 is 0. The number of hydrogen-bond donors (Lipinski definition) is 1. The van der Waals surface area contributed by atoms with Gasteiger partial charge in [0.1, 0.15) is 0 Å². The molecular formula is C8H14O3. The van der Waals surface area contributed by atoms with Gasteiger partial charge in [0.25, 0.3) is 0 Å². The van der Waals surface area contributed by atoms with Gasteiger partial charge in [-0.1, -0.05) is 6.92 Å². The van der Waals surface area contributed by atoms with E-state index in [9.17, 15) is 0 Å². The first-order valence-electron chi connectivity index (χ1n) is 4.07. The minimum atomic E-state index is -0.228. The molecule has 0 unspecified atom stereocenters. The van der Waals surface area contributed by atoms with Gasteiger partial charge in [0, 0.05) is 18.3 Å². The first-order chi connectivity index (χ1) is 5.18. The van der Waals surface area contributed by atoms with Gasteiger partial charge in [0.05, 0.1) is 19.8 Å². The lowest BCUT2D eigenvalue weighted by molar-refractivity contribution is -0.251. The van der Waals surface area contributed by atoms with E-state index in [1.165, 1.54) is 0 Å². The van der Waals surface area contributed by atoms with Crippen molar-refractivity contribution in [2.24, 2.45) is 5.41 Å². The quantitative estimate of drug-likeness (QED) is 0.604. The van der Waals surface area contributed by atoms with Crippen LogP contribution in [0.4, 0.5) is 0 Å². The fraction of sp³-hybridized carbons (Fsp3) is 1.00. The molecule has 0 radical (unpaired) electrons. The van der Waals surface area contributed by atoms with Crippen molar-refractivity contribution >= 4 is 0 Å². The molecule has 3 nitrogen and oxygen atoms in total. The summed E-state index contributed by atoms with van der Waals surface area (Å²) in [7, 11) is 0. The number of aliphatic hydroxyl groups excluding tert-OH is 1. The Morgan fingerprint density at radius 1 is 1.27 bits per heavy atom. The van der Waals surface area contributed by atoms with Gasteiger partial charge < -0.3 is 14.6 Å². The molecule has 1 saturated carbocycles. The molecular weight excluding hydrogens is 144 g/mol. The smallest absolute Gasteiger partial charge is 0.168 e. The fourth-order valence-corrected chi connectivity index (χ4v) is 1.18. The summed E-state index contributed by atoms with van der Waals surface area (Å²) in [5.74, 6) is -0.228. The Labute approximate surface area is 66.3 Å². The number of hydrogen-bond acceptors (Lipinski definition) is 3. The predicted octanol–water partition coefficient (Wildman–Crippen LogP) is 0.522. The highest BCUT2D eigenvalue weighted by Gasteiger charge is 2.51. The van der Waals surface area contributed by atoms with Gasteiger partial charge >= 0.3 is 0 Å². The van der Waals surface area contributed by atoms with Crippen LogP contribution in [0, 0.1) is 5.41 Å². The molecule has 1 spiro atoms. The van der Waals surface area contributed by atoms with Crippen molar-refractivity contribution < 1.29 is 14.6 Å². The first kappa shape index (κ1) is 7.53. The van der Waals surface area contributed by atoms with Gasteiger partial charge in [0.2, 0.25) is 0 Å². The average Bonchev–Trinajstić information content (AvgIpc) is 2.78. The van der Waals surface area contributed by atoms with E-state index in [0.717, 1.165) is 12.8 Å². The Kier molecular flexibility index (Phi) is 1.50. The van der Waals surface area contributed by atoms with Gasteiger partial charge in [-0.3, -0.25) is 0 Å². The fourth-order valence-electron chi connectivity index (χ4n) is 1.18. The molecule has 0 atom stereocenters. The van der Waals surface area contributed by atoms with Crippen LogP contribution in [-0.4, -0.2) is 30.7 Å². The molecule has 1 aliphatic carbocycles. The summed E-state index contributed by atoms with van der Waals surface area (Å²) in [5.41, 5.74) is -0.173. The molecule has 0 amide bonds. The van der Waals surface area contributed by atoms with Crippen LogP contribution >= 0.6 is 0 Å². The minimum absolute atomic E-state index is 0.142. The molecule has 0 aromatic carbocycles. The highest BCUT2D eigenvalue weighted by molar-refractivity contribution is 4.91. The minimum Gasteiger partial charge on any atom is -0.396 e. The highest BCUT2D eigenvalue weighted by Crippen LogP contribution is 2.45. The van der Waals surface area contributed by atoms with Crippen molar-refractivity contribution in [3.63, 3.8) is 0 Å². The molecule has 2 fully saturated rings. The SMILES string of the molecule is CC1(CO)COC2(CC2)OC1. The molecule has 1 N–H and O–H groups in total. The lowest BCUT2D eigenvalue weighted by Gasteiger charge is -2.36. The van der Waals surface area contributed by atoms with Crippen LogP contribution in [0.15, 0.2) is 0 Å². The Morgan fingerprint density at radius 2 is 1.82 bits per heavy atom. The van der Waals surface area contributed by atoms with Gasteiger partial charge in [-0.05, 0) is 0 Å². The van der Waals surface area contributed by atoms with E-state index < -0.39 is 0 Å². The van der Waals surface area contributed by atoms with Gasteiger partial charge in [-0.2, -0.15) is 0 Å². The third-order valence-electron chi connectivity index (χ3n) is 2.41. The van der Waals surface area contributed by atoms with Crippen molar-refractivity contribution in [2.45, 2.75) is 25.6 Å². The topological polar surface area (TPSA) is 38.7 Å². The van der Waals surface area contributed by atoms with Crippen molar-refractivity contribution in [2.75, 3.05) is 19.8 Å². The predicted molar refractivity (Wildman–Crippen MR) is 39.1 cm³/mol. The van der Waals surface area contributed by atoms with E-state index in [4.69, 9.17) is 14.6 Å². The molecule has 1 aliphatic heterocycles. The van der Waals surface area contributed by atoms with Crippen LogP contribution in [-0.2, 0) is 9.47 Å². The Balaban J connectivity index is 1.93. The molecule has 2 rings (SSSR count). The second-order valence-electron chi connectivity index (χ2n) is 3.96. The van der Waals surface area contributed by atoms with E-state index in [-0.39, 0.29) is 17.8 Å². The second kappa shape index (κ2) is 2.19. The van der Waals surface area contributed by atoms with E-state index >= 15 is 0 Å². The molecule has 0 bridgehead atoms. The number of ether oxygens (including phenoxy) is 2. The van der Waals surface area contributed by atoms with E-state index in [0.29, 0.717) is 13.2 Å². The van der Waals surface area contributed by atoms with E-state index in [1.807, 2.05) is 6.92 Å². The molecule has 1 heterocycles. The van der Waals surface area contributed by atoms with Crippen molar-refractivity contribution in [3.05, 3.63) is 0 Å². The van der Waals surface area contributed by atoms with Crippen molar-refractivity contribution in [1.82, 2.24) is 0 Å². The lowest BCUT2D eigenvalue weighted by Crippen LogP contribution is -2.43. The zero-order valence-corrected chi connectivity index (χ0v) is 6.80. The average molecular weight is 158 g/mol. The monoisotopic (exact) mass is 158 g/mol. The van der Waals surface area contributed by atoms with Gasteiger partial charge in [-0.15, -0.1) is 0 Å². The standard InChI is InChI=1S/C8H14O3/c1-7(4-9)5-10-8(2-3-8)11-6-7/h9H,2-6H2,1H3. The largest absolute Gasteiger partial charge is 0.396 e. The lowest BCUT2D eigenvalue weighted by atomic mass is 9.93. The maximum Gasteiger partial charge on any atom is 0.168 e. The van der Waals surface area contributed by atoms with Gasteiger partial charge in [-0.25, -0.2) is 0 Å². The van der Waals surface area contributed by atoms with Gasteiger partial charge in [0.15, 0.2) is 5.79 Å². The maximum absolute atomic E-state index is 8.98. The summed E-state index contributed by atoms with van der Waals surface area (Å²) in [6, 6.07) is 0. The zero-order valence-electron chi connectivity index (χ0n) is 6.80. The zero-order chi connectivity index (χ0) is 7.95. The highest BCUT2D eigenvalue weighted by atomic mass is 16.7. The molecule has 11 heavy (non-hydrogen) atoms.